The van der Waals surface area contributed by atoms with Gasteiger partial charge in [-0.2, -0.15) is 13.2 Å². The zero-order valence-corrected chi connectivity index (χ0v) is 15.5. The van der Waals surface area contributed by atoms with Crippen LogP contribution in [0.25, 0.3) is 0 Å². The molecular weight excluding hydrogens is 371 g/mol. The predicted octanol–water partition coefficient (Wildman–Crippen LogP) is 4.19. The number of amidine groups is 1. The van der Waals surface area contributed by atoms with Crippen molar-refractivity contribution in [2.45, 2.75) is 19.1 Å². The van der Waals surface area contributed by atoms with Crippen molar-refractivity contribution < 1.29 is 22.6 Å². The number of halogens is 3. The van der Waals surface area contributed by atoms with E-state index >= 15 is 0 Å². The summed E-state index contributed by atoms with van der Waals surface area (Å²) < 4.78 is 50.9. The predicted molar refractivity (Wildman–Crippen MR) is 99.7 cm³/mol. The molecule has 4 rings (SSSR count). The molecule has 2 aliphatic heterocycles. The molecule has 0 aliphatic carbocycles. The van der Waals surface area contributed by atoms with Gasteiger partial charge in [0, 0.05) is 25.7 Å². The van der Waals surface area contributed by atoms with Gasteiger partial charge < -0.3 is 19.7 Å². The smallest absolute Gasteiger partial charge is 0.416 e. The van der Waals surface area contributed by atoms with Crippen LogP contribution in [0.3, 0.4) is 0 Å². The lowest BCUT2D eigenvalue weighted by molar-refractivity contribution is -0.137. The fourth-order valence-electron chi connectivity index (χ4n) is 3.43. The van der Waals surface area contributed by atoms with Crippen molar-refractivity contribution in [1.82, 2.24) is 10.2 Å². The third-order valence-corrected chi connectivity index (χ3v) is 4.83. The summed E-state index contributed by atoms with van der Waals surface area (Å²) in [6, 6.07) is 8.90. The Morgan fingerprint density at radius 2 is 1.96 bits per heavy atom. The molecular formula is C20H20F3N3O2. The van der Waals surface area contributed by atoms with Gasteiger partial charge in [-0.1, -0.05) is 0 Å². The Morgan fingerprint density at radius 3 is 2.68 bits per heavy atom. The van der Waals surface area contributed by atoms with Gasteiger partial charge in [-0.15, -0.1) is 0 Å². The van der Waals surface area contributed by atoms with Crippen LogP contribution >= 0.6 is 0 Å². The number of methoxy groups -OCH3 is 1. The van der Waals surface area contributed by atoms with E-state index in [0.717, 1.165) is 18.7 Å². The van der Waals surface area contributed by atoms with Crippen molar-refractivity contribution in [2.75, 3.05) is 26.7 Å². The van der Waals surface area contributed by atoms with Crippen LogP contribution in [0.15, 0.2) is 41.4 Å². The summed E-state index contributed by atoms with van der Waals surface area (Å²) in [7, 11) is 1.56. The van der Waals surface area contributed by atoms with E-state index in [4.69, 9.17) is 9.47 Å². The van der Waals surface area contributed by atoms with Gasteiger partial charge >= 0.3 is 6.18 Å². The molecule has 0 aromatic heterocycles. The lowest BCUT2D eigenvalue weighted by atomic mass is 10.1. The topological polar surface area (TPSA) is 46.1 Å². The van der Waals surface area contributed by atoms with Gasteiger partial charge in [-0.05, 0) is 43.3 Å². The molecule has 8 heteroatoms. The molecule has 2 aromatic rings. The highest BCUT2D eigenvalue weighted by molar-refractivity contribution is 6.04. The maximum atomic E-state index is 13.2. The van der Waals surface area contributed by atoms with Crippen LogP contribution in [-0.4, -0.2) is 43.5 Å². The Labute approximate surface area is 160 Å². The van der Waals surface area contributed by atoms with Crippen molar-refractivity contribution in [2.24, 2.45) is 4.99 Å². The number of aliphatic imine (C=N–C) groups is 1. The molecule has 0 spiro atoms. The molecule has 0 saturated carbocycles. The Bertz CT molecular complexity index is 927. The molecule has 2 aliphatic rings. The summed E-state index contributed by atoms with van der Waals surface area (Å²) in [6.07, 6.45) is -4.45. The molecule has 1 N–H and O–H groups in total. The van der Waals surface area contributed by atoms with E-state index in [9.17, 15) is 13.2 Å². The van der Waals surface area contributed by atoms with E-state index < -0.39 is 11.7 Å². The quantitative estimate of drug-likeness (QED) is 0.792. The minimum atomic E-state index is -4.45. The first-order valence-electron chi connectivity index (χ1n) is 8.99. The number of nitrogens with zero attached hydrogens (tertiary/aromatic N) is 2. The normalized spacial score (nSPS) is 19.1. The second kappa shape index (κ2) is 7.01. The van der Waals surface area contributed by atoms with Gasteiger partial charge in [-0.3, -0.25) is 0 Å². The molecule has 28 heavy (non-hydrogen) atoms. The molecule has 2 aromatic carbocycles. The molecule has 148 valence electrons. The summed E-state index contributed by atoms with van der Waals surface area (Å²) in [5, 5.41) is 3.36. The lowest BCUT2D eigenvalue weighted by Gasteiger charge is -2.34. The van der Waals surface area contributed by atoms with Crippen LogP contribution in [0, 0.1) is 0 Å². The Morgan fingerprint density at radius 1 is 1.18 bits per heavy atom. The number of hydrogen-bond donors (Lipinski definition) is 1. The summed E-state index contributed by atoms with van der Waals surface area (Å²) in [5.74, 6) is 2.03. The van der Waals surface area contributed by atoms with Crippen LogP contribution in [0.1, 0.15) is 18.1 Å². The number of fused-ring (bicyclic) bond motifs is 2. The minimum Gasteiger partial charge on any atom is -0.497 e. The van der Waals surface area contributed by atoms with Gasteiger partial charge in [0.25, 0.3) is 0 Å². The van der Waals surface area contributed by atoms with Crippen molar-refractivity contribution >= 4 is 11.5 Å². The standard InChI is InChI=1S/C20H20F3N3O2/c1-12-11-26(8-7-24-12)19-15-10-14(27-2)4-6-17(15)28-18-5-3-13(20(21,22)23)9-16(18)25-19/h3-6,9-10,12,24H,7-8,11H2,1-2H3. The fourth-order valence-corrected chi connectivity index (χ4v) is 3.43. The molecule has 0 amide bonds. The molecule has 0 bridgehead atoms. The van der Waals surface area contributed by atoms with E-state index in [0.29, 0.717) is 36.0 Å². The minimum absolute atomic E-state index is 0.158. The largest absolute Gasteiger partial charge is 0.497 e. The summed E-state index contributed by atoms with van der Waals surface area (Å²) in [6.45, 7) is 4.19. The van der Waals surface area contributed by atoms with Crippen LogP contribution in [-0.2, 0) is 6.18 Å². The highest BCUT2D eigenvalue weighted by Crippen LogP contribution is 2.42. The second-order valence-corrected chi connectivity index (χ2v) is 6.88. The first-order chi connectivity index (χ1) is 13.3. The average molecular weight is 391 g/mol. The van der Waals surface area contributed by atoms with E-state index in [1.54, 1.807) is 25.3 Å². The molecule has 1 saturated heterocycles. The summed E-state index contributed by atoms with van der Waals surface area (Å²) in [4.78, 5) is 6.69. The maximum absolute atomic E-state index is 13.2. The van der Waals surface area contributed by atoms with Crippen molar-refractivity contribution in [3.63, 3.8) is 0 Å². The van der Waals surface area contributed by atoms with Gasteiger partial charge in [-0.25, -0.2) is 4.99 Å². The fraction of sp³-hybridized carbons (Fsp3) is 0.350. The van der Waals surface area contributed by atoms with Crippen LogP contribution in [0.4, 0.5) is 18.9 Å². The first-order valence-corrected chi connectivity index (χ1v) is 8.99. The number of nitrogens with one attached hydrogen (secondary N) is 1. The molecule has 2 heterocycles. The lowest BCUT2D eigenvalue weighted by Crippen LogP contribution is -2.51. The second-order valence-electron chi connectivity index (χ2n) is 6.88. The van der Waals surface area contributed by atoms with Crippen molar-refractivity contribution in [3.8, 4) is 17.2 Å². The highest BCUT2D eigenvalue weighted by atomic mass is 19.4. The third kappa shape index (κ3) is 3.52. The van der Waals surface area contributed by atoms with Gasteiger partial charge in [0.2, 0.25) is 0 Å². The van der Waals surface area contributed by atoms with Crippen LogP contribution < -0.4 is 14.8 Å². The molecule has 1 fully saturated rings. The number of rotatable bonds is 1. The monoisotopic (exact) mass is 391 g/mol. The van der Waals surface area contributed by atoms with E-state index in [-0.39, 0.29) is 17.5 Å². The SMILES string of the molecule is COc1ccc2c(c1)C(N1CCNC(C)C1)=Nc1cc(C(F)(F)F)ccc1O2. The van der Waals surface area contributed by atoms with E-state index in [2.05, 4.69) is 22.1 Å². The van der Waals surface area contributed by atoms with Crippen LogP contribution in [0.5, 0.6) is 17.2 Å². The van der Waals surface area contributed by atoms with Gasteiger partial charge in [0.15, 0.2) is 5.75 Å². The third-order valence-electron chi connectivity index (χ3n) is 4.83. The van der Waals surface area contributed by atoms with Crippen molar-refractivity contribution in [3.05, 3.63) is 47.5 Å². The zero-order valence-electron chi connectivity index (χ0n) is 15.5. The van der Waals surface area contributed by atoms with E-state index in [1.807, 2.05) is 0 Å². The number of benzene rings is 2. The zero-order chi connectivity index (χ0) is 19.9. The average Bonchev–Trinajstić information content (AvgIpc) is 2.82. The van der Waals surface area contributed by atoms with E-state index in [1.165, 1.54) is 6.07 Å². The Hall–Kier alpha value is -2.74. The molecule has 1 unspecified atom stereocenters. The van der Waals surface area contributed by atoms with Crippen molar-refractivity contribution in [1.29, 1.82) is 0 Å². The number of hydrogen-bond acceptors (Lipinski definition) is 5. The number of ether oxygens (including phenoxy) is 2. The number of piperazine rings is 1. The molecule has 0 radical (unpaired) electrons. The highest BCUT2D eigenvalue weighted by Gasteiger charge is 2.32. The molecule has 5 nitrogen and oxygen atoms in total. The summed E-state index contributed by atoms with van der Waals surface area (Å²) >= 11 is 0. The first kappa shape index (κ1) is 18.6. The van der Waals surface area contributed by atoms with Crippen LogP contribution in [0.2, 0.25) is 0 Å². The Kier molecular flexibility index (Phi) is 4.66. The van der Waals surface area contributed by atoms with Gasteiger partial charge in [0.05, 0.1) is 18.2 Å². The maximum Gasteiger partial charge on any atom is 0.416 e. The van der Waals surface area contributed by atoms with Gasteiger partial charge in [0.1, 0.15) is 23.0 Å². The Balaban J connectivity index is 1.87. The summed E-state index contributed by atoms with van der Waals surface area (Å²) in [5.41, 5.74) is 0.0968. The number of alkyl halides is 3. The molecule has 1 atom stereocenters.